The lowest BCUT2D eigenvalue weighted by molar-refractivity contribution is -0.116. The van der Waals surface area contributed by atoms with Crippen molar-refractivity contribution in [3.63, 3.8) is 0 Å². The summed E-state index contributed by atoms with van der Waals surface area (Å²) in [6, 6.07) is 6.46. The molecule has 1 fully saturated rings. The maximum Gasteiger partial charge on any atom is 0.225 e. The van der Waals surface area contributed by atoms with Gasteiger partial charge in [0.1, 0.15) is 11.6 Å². The van der Waals surface area contributed by atoms with E-state index in [9.17, 15) is 9.90 Å². The maximum absolute atomic E-state index is 12.8. The number of aryl methyl sites for hydroxylation is 3. The molecule has 164 valence electrons. The molecule has 0 spiro atoms. The first-order valence-electron chi connectivity index (χ1n) is 11.3. The molecule has 2 aromatic rings. The molecule has 6 heteroatoms. The monoisotopic (exact) mass is 412 g/mol. The molecule has 1 aromatic heterocycles. The Morgan fingerprint density at radius 1 is 1.23 bits per heavy atom. The van der Waals surface area contributed by atoms with Gasteiger partial charge in [-0.05, 0) is 57.1 Å². The van der Waals surface area contributed by atoms with Crippen LogP contribution in [0.5, 0.6) is 0 Å². The van der Waals surface area contributed by atoms with Gasteiger partial charge in [-0.1, -0.05) is 38.0 Å². The zero-order valence-corrected chi connectivity index (χ0v) is 18.8. The minimum absolute atomic E-state index is 0.0295. The molecule has 30 heavy (non-hydrogen) atoms. The third-order valence-electron chi connectivity index (χ3n) is 5.82. The Morgan fingerprint density at radius 3 is 2.63 bits per heavy atom. The molecule has 3 rings (SSSR count). The van der Waals surface area contributed by atoms with E-state index in [1.165, 1.54) is 12.0 Å². The number of nitrogens with zero attached hydrogens (tertiary/aromatic N) is 3. The van der Waals surface area contributed by atoms with Crippen LogP contribution in [0, 0.1) is 19.8 Å². The van der Waals surface area contributed by atoms with Crippen LogP contribution < -0.4 is 5.32 Å². The van der Waals surface area contributed by atoms with E-state index in [4.69, 9.17) is 0 Å². The van der Waals surface area contributed by atoms with Crippen LogP contribution in [0.3, 0.4) is 0 Å². The van der Waals surface area contributed by atoms with Crippen molar-refractivity contribution in [1.29, 1.82) is 0 Å². The van der Waals surface area contributed by atoms with Gasteiger partial charge < -0.3 is 15.0 Å². The number of anilines is 1. The van der Waals surface area contributed by atoms with Gasteiger partial charge in [-0.3, -0.25) is 4.79 Å². The normalized spacial score (nSPS) is 14.9. The van der Waals surface area contributed by atoms with Crippen LogP contribution in [0.15, 0.2) is 18.2 Å². The number of rotatable bonds is 11. The third-order valence-corrected chi connectivity index (χ3v) is 5.82. The number of carbonyl (C=O) groups is 1. The molecule has 2 N–H and O–H groups in total. The molecule has 1 aromatic carbocycles. The Morgan fingerprint density at radius 2 is 2.00 bits per heavy atom. The molecular weight excluding hydrogens is 376 g/mol. The minimum atomic E-state index is -0.132. The summed E-state index contributed by atoms with van der Waals surface area (Å²) in [6.45, 7) is 8.55. The number of aliphatic hydroxyl groups is 1. The van der Waals surface area contributed by atoms with Crippen LogP contribution in [-0.2, 0) is 11.2 Å². The lowest BCUT2D eigenvalue weighted by Crippen LogP contribution is -2.20. The van der Waals surface area contributed by atoms with Gasteiger partial charge in [0, 0.05) is 37.1 Å². The fourth-order valence-corrected chi connectivity index (χ4v) is 4.04. The van der Waals surface area contributed by atoms with Gasteiger partial charge in [0.15, 0.2) is 0 Å². The molecular formula is C24H36N4O2. The van der Waals surface area contributed by atoms with E-state index in [-0.39, 0.29) is 18.4 Å². The lowest BCUT2D eigenvalue weighted by Gasteiger charge is -2.18. The van der Waals surface area contributed by atoms with Crippen molar-refractivity contribution < 1.29 is 9.90 Å². The Bertz CT molecular complexity index is 855. The minimum Gasteiger partial charge on any atom is -0.396 e. The predicted molar refractivity (Wildman–Crippen MR) is 120 cm³/mol. The molecule has 0 unspecified atom stereocenters. The van der Waals surface area contributed by atoms with E-state index in [0.717, 1.165) is 48.6 Å². The maximum atomic E-state index is 12.8. The Balaban J connectivity index is 1.73. The van der Waals surface area contributed by atoms with E-state index >= 15 is 0 Å². The van der Waals surface area contributed by atoms with Crippen LogP contribution in [0.1, 0.15) is 87.1 Å². The molecule has 0 bridgehead atoms. The molecule has 0 aliphatic heterocycles. The van der Waals surface area contributed by atoms with Gasteiger partial charge in [0.25, 0.3) is 0 Å². The summed E-state index contributed by atoms with van der Waals surface area (Å²) in [5.74, 6) is 2.39. The van der Waals surface area contributed by atoms with Gasteiger partial charge in [0.2, 0.25) is 5.91 Å². The number of aliphatic hydroxyl groups excluding tert-OH is 1. The molecule has 1 saturated carbocycles. The van der Waals surface area contributed by atoms with Crippen LogP contribution in [0.25, 0.3) is 0 Å². The Labute approximate surface area is 180 Å². The Kier molecular flexibility index (Phi) is 7.64. The van der Waals surface area contributed by atoms with Crippen LogP contribution >= 0.6 is 0 Å². The molecule has 1 aliphatic rings. The number of hydrogen-bond donors (Lipinski definition) is 2. The van der Waals surface area contributed by atoms with Crippen molar-refractivity contribution in [1.82, 2.24) is 14.8 Å². The van der Waals surface area contributed by atoms with Crippen LogP contribution in [0.4, 0.5) is 5.69 Å². The third kappa shape index (κ3) is 5.91. The first-order chi connectivity index (χ1) is 14.4. The summed E-state index contributed by atoms with van der Waals surface area (Å²) in [5, 5.41) is 21.7. The average molecular weight is 413 g/mol. The first kappa shape index (κ1) is 22.5. The molecule has 1 aliphatic carbocycles. The molecule has 6 nitrogen and oxygen atoms in total. The van der Waals surface area contributed by atoms with Crippen molar-refractivity contribution in [2.45, 2.75) is 84.6 Å². The van der Waals surface area contributed by atoms with Crippen molar-refractivity contribution in [3.8, 4) is 0 Å². The number of nitrogens with one attached hydrogen (secondary N) is 1. The van der Waals surface area contributed by atoms with E-state index in [1.54, 1.807) is 0 Å². The van der Waals surface area contributed by atoms with Gasteiger partial charge in [-0.15, -0.1) is 10.2 Å². The van der Waals surface area contributed by atoms with Gasteiger partial charge in [0.05, 0.1) is 0 Å². The van der Waals surface area contributed by atoms with E-state index in [2.05, 4.69) is 40.0 Å². The molecule has 1 heterocycles. The summed E-state index contributed by atoms with van der Waals surface area (Å²) < 4.78 is 2.27. The highest BCUT2D eigenvalue weighted by Gasteiger charge is 2.32. The number of aromatic nitrogens is 3. The smallest absolute Gasteiger partial charge is 0.225 e. The SMILES string of the molecule is Cc1ccc(NC(=O)C[C@@H](CCO)c2nnc(CCCC(C)C)n2C2CC2)c(C)c1. The van der Waals surface area contributed by atoms with E-state index in [0.29, 0.717) is 24.8 Å². The topological polar surface area (TPSA) is 80.0 Å². The molecule has 1 atom stereocenters. The van der Waals surface area contributed by atoms with Crippen LogP contribution in [-0.4, -0.2) is 32.4 Å². The first-order valence-corrected chi connectivity index (χ1v) is 11.3. The summed E-state index contributed by atoms with van der Waals surface area (Å²) >= 11 is 0. The highest BCUT2D eigenvalue weighted by molar-refractivity contribution is 5.92. The lowest BCUT2D eigenvalue weighted by atomic mass is 9.99. The van der Waals surface area contributed by atoms with Crippen molar-refractivity contribution >= 4 is 11.6 Å². The molecule has 0 radical (unpaired) electrons. The van der Waals surface area contributed by atoms with Gasteiger partial charge in [-0.25, -0.2) is 0 Å². The summed E-state index contributed by atoms with van der Waals surface area (Å²) in [7, 11) is 0. The predicted octanol–water partition coefficient (Wildman–Crippen LogP) is 4.70. The number of carbonyl (C=O) groups excluding carboxylic acids is 1. The highest BCUT2D eigenvalue weighted by atomic mass is 16.3. The largest absolute Gasteiger partial charge is 0.396 e. The standard InChI is InChI=1S/C24H36N4O2/c1-16(2)6-5-7-22-26-27-24(28(22)20-9-10-20)19(12-13-29)15-23(30)25-21-11-8-17(3)14-18(21)4/h8,11,14,16,19-20,29H,5-7,9-10,12-13,15H2,1-4H3,(H,25,30)/t19-/m1/s1. The van der Waals surface area contributed by atoms with Crippen molar-refractivity contribution in [2.24, 2.45) is 5.92 Å². The number of hydrogen-bond acceptors (Lipinski definition) is 4. The second-order valence-corrected chi connectivity index (χ2v) is 9.14. The van der Waals surface area contributed by atoms with Gasteiger partial charge in [-0.2, -0.15) is 0 Å². The van der Waals surface area contributed by atoms with E-state index < -0.39 is 0 Å². The fraction of sp³-hybridized carbons (Fsp3) is 0.625. The van der Waals surface area contributed by atoms with E-state index in [1.807, 2.05) is 26.0 Å². The zero-order chi connectivity index (χ0) is 21.7. The molecule has 0 saturated heterocycles. The highest BCUT2D eigenvalue weighted by Crippen LogP contribution is 2.39. The summed E-state index contributed by atoms with van der Waals surface area (Å²) in [4.78, 5) is 12.8. The number of amides is 1. The van der Waals surface area contributed by atoms with Crippen molar-refractivity contribution in [3.05, 3.63) is 41.0 Å². The average Bonchev–Trinajstić information content (AvgIpc) is 3.43. The molecule has 1 amide bonds. The second-order valence-electron chi connectivity index (χ2n) is 9.14. The second kappa shape index (κ2) is 10.2. The Hall–Kier alpha value is -2.21. The summed E-state index contributed by atoms with van der Waals surface area (Å²) in [6.07, 6.45) is 6.28. The van der Waals surface area contributed by atoms with Crippen LogP contribution in [0.2, 0.25) is 0 Å². The fourth-order valence-electron chi connectivity index (χ4n) is 4.04. The quantitative estimate of drug-likeness (QED) is 0.560. The van der Waals surface area contributed by atoms with Gasteiger partial charge >= 0.3 is 0 Å². The van der Waals surface area contributed by atoms with Crippen molar-refractivity contribution in [2.75, 3.05) is 11.9 Å². The number of benzene rings is 1. The zero-order valence-electron chi connectivity index (χ0n) is 18.8. The summed E-state index contributed by atoms with van der Waals surface area (Å²) in [5.41, 5.74) is 3.06.